The molecule has 238 valence electrons. The van der Waals surface area contributed by atoms with Gasteiger partial charge in [-0.05, 0) is 76.2 Å². The van der Waals surface area contributed by atoms with E-state index >= 15 is 0 Å². The van der Waals surface area contributed by atoms with Gasteiger partial charge in [0.05, 0.1) is 18.8 Å². The molecule has 0 unspecified atom stereocenters. The maximum Gasteiger partial charge on any atom is 0.410 e. The van der Waals surface area contributed by atoms with Crippen molar-refractivity contribution in [2.24, 2.45) is 0 Å². The van der Waals surface area contributed by atoms with Crippen molar-refractivity contribution in [1.82, 2.24) is 29.2 Å². The monoisotopic (exact) mass is 626 g/mol. The van der Waals surface area contributed by atoms with Crippen molar-refractivity contribution in [2.75, 3.05) is 30.8 Å². The number of nitrogens with zero attached hydrogens (tertiary/aromatic N) is 7. The van der Waals surface area contributed by atoms with Gasteiger partial charge in [0.2, 0.25) is 6.41 Å². The number of anilines is 2. The summed E-state index contributed by atoms with van der Waals surface area (Å²) in [5, 5.41) is 0. The standard InChI is InChI=1S/C33H35FN8O4/c1-21-17-37-27-13-10-23(18-42(21)27)29-28(22-8-11-24(34)12-9-22)38-30(35)31(39-29)41(20-43)19-25-26(7-6-14-36-25)45-16-15-40(5)32(44)46-33(2,3)4/h6-14,17-18,20H,15-16,19H2,1-5H3,(H2,35,38). The van der Waals surface area contributed by atoms with Crippen molar-refractivity contribution in [3.63, 3.8) is 0 Å². The molecule has 5 aromatic rings. The number of ether oxygens (including phenoxy) is 2. The lowest BCUT2D eigenvalue weighted by molar-refractivity contribution is -0.107. The van der Waals surface area contributed by atoms with Crippen LogP contribution in [0, 0.1) is 12.7 Å². The van der Waals surface area contributed by atoms with Gasteiger partial charge in [-0.25, -0.2) is 24.1 Å². The van der Waals surface area contributed by atoms with Gasteiger partial charge in [-0.15, -0.1) is 0 Å². The average Bonchev–Trinajstić information content (AvgIpc) is 3.39. The summed E-state index contributed by atoms with van der Waals surface area (Å²) >= 11 is 0. The van der Waals surface area contributed by atoms with E-state index in [2.05, 4.69) is 15.0 Å². The number of hydrogen-bond acceptors (Lipinski definition) is 9. The van der Waals surface area contributed by atoms with E-state index in [9.17, 15) is 14.0 Å². The van der Waals surface area contributed by atoms with Crippen LogP contribution in [-0.2, 0) is 16.1 Å². The van der Waals surface area contributed by atoms with Crippen molar-refractivity contribution in [2.45, 2.75) is 39.8 Å². The van der Waals surface area contributed by atoms with Crippen molar-refractivity contribution in [3.8, 4) is 28.3 Å². The zero-order valence-electron chi connectivity index (χ0n) is 26.3. The highest BCUT2D eigenvalue weighted by atomic mass is 19.1. The number of likely N-dealkylation sites (N-methyl/N-ethyl adjacent to an activating group) is 1. The SMILES string of the molecule is Cc1cnc2ccc(-c3nc(N(C=O)Cc4ncccc4OCCN(C)C(=O)OC(C)(C)C)c(N)nc3-c3ccc(F)cc3)cn12. The van der Waals surface area contributed by atoms with Crippen LogP contribution in [0.2, 0.25) is 0 Å². The van der Waals surface area contributed by atoms with Gasteiger partial charge in [-0.3, -0.25) is 14.7 Å². The Bertz CT molecular complexity index is 1870. The van der Waals surface area contributed by atoms with E-state index in [4.69, 9.17) is 20.2 Å². The molecule has 4 heterocycles. The largest absolute Gasteiger partial charge is 0.490 e. The summed E-state index contributed by atoms with van der Waals surface area (Å²) in [5.41, 5.74) is 10.0. The molecule has 0 saturated carbocycles. The van der Waals surface area contributed by atoms with Crippen LogP contribution in [0.3, 0.4) is 0 Å². The first-order valence-electron chi connectivity index (χ1n) is 14.5. The predicted octanol–water partition coefficient (Wildman–Crippen LogP) is 5.29. The smallest absolute Gasteiger partial charge is 0.410 e. The van der Waals surface area contributed by atoms with E-state index in [0.717, 1.165) is 11.3 Å². The second-order valence-corrected chi connectivity index (χ2v) is 11.6. The van der Waals surface area contributed by atoms with Crippen LogP contribution >= 0.6 is 0 Å². The zero-order chi connectivity index (χ0) is 33.0. The Morgan fingerprint density at radius 3 is 2.48 bits per heavy atom. The van der Waals surface area contributed by atoms with Crippen LogP contribution in [0.4, 0.5) is 20.8 Å². The lowest BCUT2D eigenvalue weighted by Gasteiger charge is -2.25. The molecule has 5 rings (SSSR count). The van der Waals surface area contributed by atoms with E-state index in [1.165, 1.54) is 21.9 Å². The Morgan fingerprint density at radius 1 is 1.04 bits per heavy atom. The number of nitrogen functional groups attached to an aromatic ring is 1. The van der Waals surface area contributed by atoms with Gasteiger partial charge in [-0.2, -0.15) is 0 Å². The molecule has 0 fully saturated rings. The third kappa shape index (κ3) is 7.20. The van der Waals surface area contributed by atoms with Gasteiger partial charge in [0, 0.05) is 42.5 Å². The Balaban J connectivity index is 1.45. The molecule has 2 amide bonds. The Labute approximate surface area is 265 Å². The Kier molecular flexibility index (Phi) is 9.12. The molecular formula is C33H35FN8O4. The lowest BCUT2D eigenvalue weighted by atomic mass is 10.0. The fourth-order valence-electron chi connectivity index (χ4n) is 4.62. The van der Waals surface area contributed by atoms with Gasteiger partial charge in [0.15, 0.2) is 11.6 Å². The molecule has 2 N–H and O–H groups in total. The fourth-order valence-corrected chi connectivity index (χ4v) is 4.62. The van der Waals surface area contributed by atoms with Crippen molar-refractivity contribution in [1.29, 1.82) is 0 Å². The number of halogens is 1. The number of amides is 2. The van der Waals surface area contributed by atoms with Crippen molar-refractivity contribution in [3.05, 3.63) is 84.3 Å². The maximum absolute atomic E-state index is 13.8. The average molecular weight is 627 g/mol. The summed E-state index contributed by atoms with van der Waals surface area (Å²) in [7, 11) is 1.62. The lowest BCUT2D eigenvalue weighted by Crippen LogP contribution is -2.36. The number of benzene rings is 1. The van der Waals surface area contributed by atoms with E-state index < -0.39 is 17.5 Å². The predicted molar refractivity (Wildman–Crippen MR) is 172 cm³/mol. The molecule has 0 aliphatic heterocycles. The van der Waals surface area contributed by atoms with E-state index in [0.29, 0.717) is 40.4 Å². The second kappa shape index (κ2) is 13.2. The minimum atomic E-state index is -0.617. The molecule has 4 aromatic heterocycles. The van der Waals surface area contributed by atoms with Gasteiger partial charge >= 0.3 is 6.09 Å². The first-order chi connectivity index (χ1) is 21.9. The molecule has 0 bridgehead atoms. The Morgan fingerprint density at radius 2 is 1.76 bits per heavy atom. The van der Waals surface area contributed by atoms with Crippen molar-refractivity contribution >= 4 is 29.8 Å². The number of carbonyl (C=O) groups excluding carboxylic acids is 2. The number of rotatable bonds is 10. The number of aryl methyl sites for hydroxylation is 1. The zero-order valence-corrected chi connectivity index (χ0v) is 26.3. The summed E-state index contributed by atoms with van der Waals surface area (Å²) in [4.78, 5) is 45.9. The first-order valence-corrected chi connectivity index (χ1v) is 14.5. The van der Waals surface area contributed by atoms with Crippen LogP contribution in [0.5, 0.6) is 5.75 Å². The summed E-state index contributed by atoms with van der Waals surface area (Å²) in [6, 6.07) is 13.0. The van der Waals surface area contributed by atoms with Crippen molar-refractivity contribution < 1.29 is 23.5 Å². The van der Waals surface area contributed by atoms with Crippen LogP contribution in [0.15, 0.2) is 67.1 Å². The molecular weight excluding hydrogens is 591 g/mol. The van der Waals surface area contributed by atoms with Crippen LogP contribution in [-0.4, -0.2) is 67.5 Å². The summed E-state index contributed by atoms with van der Waals surface area (Å²) in [5.74, 6) is 0.130. The highest BCUT2D eigenvalue weighted by molar-refractivity contribution is 5.85. The minimum Gasteiger partial charge on any atom is -0.490 e. The molecule has 13 heteroatoms. The molecule has 46 heavy (non-hydrogen) atoms. The molecule has 0 aliphatic carbocycles. The number of carbonyl (C=O) groups is 2. The number of imidazole rings is 1. The summed E-state index contributed by atoms with van der Waals surface area (Å²) in [6.07, 6.45) is 5.35. The number of hydrogen-bond donors (Lipinski definition) is 1. The normalized spacial score (nSPS) is 11.3. The summed E-state index contributed by atoms with van der Waals surface area (Å²) < 4.78 is 27.1. The van der Waals surface area contributed by atoms with Crippen LogP contribution in [0.25, 0.3) is 28.2 Å². The van der Waals surface area contributed by atoms with Crippen LogP contribution in [0.1, 0.15) is 32.2 Å². The quantitative estimate of drug-likeness (QED) is 0.205. The first kappa shape index (κ1) is 31.8. The molecule has 12 nitrogen and oxygen atoms in total. The van der Waals surface area contributed by atoms with Gasteiger partial charge in [-0.1, -0.05) is 0 Å². The molecule has 0 radical (unpaired) electrons. The topological polar surface area (TPSA) is 141 Å². The fraction of sp³-hybridized carbons (Fsp3) is 0.273. The van der Waals surface area contributed by atoms with E-state index in [1.807, 2.05) is 29.7 Å². The van der Waals surface area contributed by atoms with Gasteiger partial charge in [0.25, 0.3) is 0 Å². The minimum absolute atomic E-state index is 0.00699. The molecule has 0 aliphatic rings. The molecule has 0 atom stereocenters. The highest BCUT2D eigenvalue weighted by Crippen LogP contribution is 2.34. The molecule has 1 aromatic carbocycles. The number of fused-ring (bicyclic) bond motifs is 1. The van der Waals surface area contributed by atoms with Gasteiger partial charge in [0.1, 0.15) is 40.8 Å². The number of pyridine rings is 2. The molecule has 0 spiro atoms. The van der Waals surface area contributed by atoms with Crippen LogP contribution < -0.4 is 15.4 Å². The molecule has 0 saturated heterocycles. The third-order valence-electron chi connectivity index (χ3n) is 6.94. The Hall–Kier alpha value is -5.59. The summed E-state index contributed by atoms with van der Waals surface area (Å²) in [6.45, 7) is 7.71. The maximum atomic E-state index is 13.8. The highest BCUT2D eigenvalue weighted by Gasteiger charge is 2.23. The number of aromatic nitrogens is 5. The van der Waals surface area contributed by atoms with Gasteiger partial charge < -0.3 is 24.5 Å². The van der Waals surface area contributed by atoms with E-state index in [-0.39, 0.29) is 31.3 Å². The second-order valence-electron chi connectivity index (χ2n) is 11.6. The van der Waals surface area contributed by atoms with E-state index in [1.54, 1.807) is 64.5 Å². The number of nitrogens with two attached hydrogens (primary N) is 1. The third-order valence-corrected chi connectivity index (χ3v) is 6.94.